The predicted octanol–water partition coefficient (Wildman–Crippen LogP) is 2.76. The highest BCUT2D eigenvalue weighted by Gasteiger charge is 2.12. The Labute approximate surface area is 108 Å². The quantitative estimate of drug-likeness (QED) is 0.845. The molecule has 1 heterocycles. The molecule has 0 aliphatic rings. The van der Waals surface area contributed by atoms with Crippen LogP contribution in [0.15, 0.2) is 48.9 Å². The second kappa shape index (κ2) is 6.87. The number of nitrogens with one attached hydrogen (secondary N) is 1. The number of rotatable bonds is 6. The Kier molecular flexibility index (Phi) is 4.85. The van der Waals surface area contributed by atoms with Crippen LogP contribution in [0.2, 0.25) is 0 Å². The van der Waals surface area contributed by atoms with Crippen LogP contribution in [0.4, 0.5) is 0 Å². The SMILES string of the molecule is CCCNC(Cc1ccccc1)c1cnccn1. The van der Waals surface area contributed by atoms with Gasteiger partial charge >= 0.3 is 0 Å². The highest BCUT2D eigenvalue weighted by Crippen LogP contribution is 2.15. The lowest BCUT2D eigenvalue weighted by molar-refractivity contribution is 0.516. The largest absolute Gasteiger partial charge is 0.308 e. The molecule has 0 saturated carbocycles. The van der Waals surface area contributed by atoms with Gasteiger partial charge in [0.25, 0.3) is 0 Å². The van der Waals surface area contributed by atoms with Gasteiger partial charge in [-0.2, -0.15) is 0 Å². The lowest BCUT2D eigenvalue weighted by Crippen LogP contribution is -2.25. The van der Waals surface area contributed by atoms with Crippen LogP contribution in [0, 0.1) is 0 Å². The molecule has 2 rings (SSSR count). The van der Waals surface area contributed by atoms with E-state index in [4.69, 9.17) is 0 Å². The summed E-state index contributed by atoms with van der Waals surface area (Å²) in [6, 6.07) is 10.7. The van der Waals surface area contributed by atoms with E-state index in [1.165, 1.54) is 5.56 Å². The molecular weight excluding hydrogens is 222 g/mol. The minimum absolute atomic E-state index is 0.237. The van der Waals surface area contributed by atoms with E-state index in [-0.39, 0.29) is 6.04 Å². The standard InChI is InChI=1S/C15H19N3/c1-2-8-17-14(15-12-16-9-10-18-15)11-13-6-4-3-5-7-13/h3-7,9-10,12,14,17H,2,8,11H2,1H3. The first-order valence-corrected chi connectivity index (χ1v) is 6.43. The summed E-state index contributed by atoms with van der Waals surface area (Å²) in [6.07, 6.45) is 7.37. The number of hydrogen-bond acceptors (Lipinski definition) is 3. The topological polar surface area (TPSA) is 37.8 Å². The minimum Gasteiger partial charge on any atom is -0.308 e. The number of aromatic nitrogens is 2. The van der Waals surface area contributed by atoms with Crippen molar-refractivity contribution < 1.29 is 0 Å². The van der Waals surface area contributed by atoms with E-state index in [0.717, 1.165) is 25.1 Å². The third kappa shape index (κ3) is 3.64. The summed E-state index contributed by atoms with van der Waals surface area (Å²) in [4.78, 5) is 8.56. The van der Waals surface area contributed by atoms with Crippen LogP contribution >= 0.6 is 0 Å². The Bertz CT molecular complexity index is 442. The zero-order valence-corrected chi connectivity index (χ0v) is 10.7. The van der Waals surface area contributed by atoms with E-state index >= 15 is 0 Å². The molecule has 1 unspecified atom stereocenters. The lowest BCUT2D eigenvalue weighted by Gasteiger charge is -2.17. The maximum atomic E-state index is 4.40. The lowest BCUT2D eigenvalue weighted by atomic mass is 10.0. The van der Waals surface area contributed by atoms with Gasteiger partial charge in [-0.05, 0) is 24.9 Å². The monoisotopic (exact) mass is 241 g/mol. The Morgan fingerprint density at radius 2 is 2.00 bits per heavy atom. The third-order valence-electron chi connectivity index (χ3n) is 2.86. The van der Waals surface area contributed by atoms with Gasteiger partial charge in [0.2, 0.25) is 0 Å². The molecule has 0 saturated heterocycles. The van der Waals surface area contributed by atoms with Gasteiger partial charge in [0, 0.05) is 18.6 Å². The van der Waals surface area contributed by atoms with Gasteiger partial charge in [-0.1, -0.05) is 37.3 Å². The van der Waals surface area contributed by atoms with Gasteiger partial charge in [0.15, 0.2) is 0 Å². The molecule has 1 aromatic carbocycles. The number of nitrogens with zero attached hydrogens (tertiary/aromatic N) is 2. The molecule has 0 radical (unpaired) electrons. The van der Waals surface area contributed by atoms with Crippen molar-refractivity contribution in [2.75, 3.05) is 6.54 Å². The molecule has 2 aromatic rings. The van der Waals surface area contributed by atoms with Gasteiger partial charge in [0.1, 0.15) is 0 Å². The fraction of sp³-hybridized carbons (Fsp3) is 0.333. The highest BCUT2D eigenvalue weighted by atomic mass is 14.9. The van der Waals surface area contributed by atoms with E-state index < -0.39 is 0 Å². The third-order valence-corrected chi connectivity index (χ3v) is 2.86. The zero-order chi connectivity index (χ0) is 12.6. The van der Waals surface area contributed by atoms with E-state index in [2.05, 4.69) is 46.5 Å². The average Bonchev–Trinajstić information content (AvgIpc) is 2.45. The summed E-state index contributed by atoms with van der Waals surface area (Å²) in [5.41, 5.74) is 2.33. The first-order valence-electron chi connectivity index (χ1n) is 6.43. The van der Waals surface area contributed by atoms with Gasteiger partial charge in [-0.15, -0.1) is 0 Å². The molecular formula is C15H19N3. The van der Waals surface area contributed by atoms with Crippen LogP contribution in [-0.2, 0) is 6.42 Å². The summed E-state index contributed by atoms with van der Waals surface area (Å²) < 4.78 is 0. The van der Waals surface area contributed by atoms with Crippen LogP contribution in [0.5, 0.6) is 0 Å². The summed E-state index contributed by atoms with van der Waals surface area (Å²) in [5, 5.41) is 3.53. The van der Waals surface area contributed by atoms with Crippen molar-refractivity contribution in [2.24, 2.45) is 0 Å². The Morgan fingerprint density at radius 3 is 2.67 bits per heavy atom. The minimum atomic E-state index is 0.237. The van der Waals surface area contributed by atoms with E-state index in [1.807, 2.05) is 12.3 Å². The smallest absolute Gasteiger partial charge is 0.0759 e. The van der Waals surface area contributed by atoms with Gasteiger partial charge in [-0.25, -0.2) is 0 Å². The first-order chi connectivity index (χ1) is 8.90. The Morgan fingerprint density at radius 1 is 1.17 bits per heavy atom. The molecule has 1 N–H and O–H groups in total. The maximum absolute atomic E-state index is 4.40. The summed E-state index contributed by atoms with van der Waals surface area (Å²) in [7, 11) is 0. The van der Waals surface area contributed by atoms with Crippen molar-refractivity contribution in [3.8, 4) is 0 Å². The molecule has 0 aliphatic carbocycles. The molecule has 1 atom stereocenters. The van der Waals surface area contributed by atoms with Crippen LogP contribution in [0.1, 0.15) is 30.6 Å². The highest BCUT2D eigenvalue weighted by molar-refractivity contribution is 5.18. The predicted molar refractivity (Wildman–Crippen MR) is 73.2 cm³/mol. The molecule has 0 bridgehead atoms. The second-order valence-corrected chi connectivity index (χ2v) is 4.33. The molecule has 0 fully saturated rings. The number of hydrogen-bond donors (Lipinski definition) is 1. The molecule has 3 nitrogen and oxygen atoms in total. The average molecular weight is 241 g/mol. The van der Waals surface area contributed by atoms with Crippen molar-refractivity contribution in [3.05, 3.63) is 60.2 Å². The van der Waals surface area contributed by atoms with Crippen molar-refractivity contribution in [3.63, 3.8) is 0 Å². The molecule has 1 aromatic heterocycles. The van der Waals surface area contributed by atoms with E-state index in [1.54, 1.807) is 12.4 Å². The maximum Gasteiger partial charge on any atom is 0.0759 e. The summed E-state index contributed by atoms with van der Waals surface area (Å²) in [5.74, 6) is 0. The van der Waals surface area contributed by atoms with Crippen LogP contribution in [0.3, 0.4) is 0 Å². The van der Waals surface area contributed by atoms with Crippen LogP contribution in [0.25, 0.3) is 0 Å². The van der Waals surface area contributed by atoms with E-state index in [0.29, 0.717) is 0 Å². The molecule has 18 heavy (non-hydrogen) atoms. The van der Waals surface area contributed by atoms with Crippen molar-refractivity contribution >= 4 is 0 Å². The fourth-order valence-corrected chi connectivity index (χ4v) is 1.94. The Hall–Kier alpha value is -1.74. The molecule has 3 heteroatoms. The summed E-state index contributed by atoms with van der Waals surface area (Å²) >= 11 is 0. The molecule has 94 valence electrons. The first kappa shape index (κ1) is 12.7. The van der Waals surface area contributed by atoms with Gasteiger partial charge < -0.3 is 5.32 Å². The van der Waals surface area contributed by atoms with Crippen molar-refractivity contribution in [1.29, 1.82) is 0 Å². The zero-order valence-electron chi connectivity index (χ0n) is 10.7. The Balaban J connectivity index is 2.10. The van der Waals surface area contributed by atoms with Crippen LogP contribution < -0.4 is 5.32 Å². The molecule has 0 aliphatic heterocycles. The normalized spacial score (nSPS) is 12.3. The summed E-state index contributed by atoms with van der Waals surface area (Å²) in [6.45, 7) is 3.16. The van der Waals surface area contributed by atoms with Gasteiger partial charge in [-0.3, -0.25) is 9.97 Å². The molecule has 0 spiro atoms. The van der Waals surface area contributed by atoms with E-state index in [9.17, 15) is 0 Å². The van der Waals surface area contributed by atoms with Crippen molar-refractivity contribution in [1.82, 2.24) is 15.3 Å². The van der Waals surface area contributed by atoms with Crippen LogP contribution in [-0.4, -0.2) is 16.5 Å². The fourth-order valence-electron chi connectivity index (χ4n) is 1.94. The van der Waals surface area contributed by atoms with Gasteiger partial charge in [0.05, 0.1) is 11.7 Å². The second-order valence-electron chi connectivity index (χ2n) is 4.33. The van der Waals surface area contributed by atoms with Crippen molar-refractivity contribution in [2.45, 2.75) is 25.8 Å². The number of benzene rings is 1. The molecule has 0 amide bonds.